The SMILES string of the molecule is CNCc1ccc(OCCN(C)CCN(C)C)cc1. The van der Waals surface area contributed by atoms with E-state index < -0.39 is 0 Å². The Hall–Kier alpha value is -1.10. The third-order valence-corrected chi connectivity index (χ3v) is 2.97. The molecule has 1 rings (SSSR count). The van der Waals surface area contributed by atoms with Crippen molar-refractivity contribution < 1.29 is 4.74 Å². The van der Waals surface area contributed by atoms with Crippen LogP contribution in [-0.2, 0) is 6.54 Å². The van der Waals surface area contributed by atoms with Gasteiger partial charge in [-0.2, -0.15) is 0 Å². The van der Waals surface area contributed by atoms with Crippen LogP contribution >= 0.6 is 0 Å². The van der Waals surface area contributed by atoms with Crippen LogP contribution in [0, 0.1) is 0 Å². The molecule has 4 nitrogen and oxygen atoms in total. The summed E-state index contributed by atoms with van der Waals surface area (Å²) in [6.45, 7) is 4.72. The zero-order valence-corrected chi connectivity index (χ0v) is 12.6. The van der Waals surface area contributed by atoms with Crippen molar-refractivity contribution in [2.24, 2.45) is 0 Å². The molecular weight excluding hydrogens is 238 g/mol. The van der Waals surface area contributed by atoms with Crippen molar-refractivity contribution in [1.29, 1.82) is 0 Å². The molecule has 0 aliphatic carbocycles. The molecule has 0 aromatic heterocycles. The molecule has 0 fully saturated rings. The zero-order valence-electron chi connectivity index (χ0n) is 12.6. The molecule has 0 radical (unpaired) electrons. The van der Waals surface area contributed by atoms with Crippen molar-refractivity contribution in [3.05, 3.63) is 29.8 Å². The Bertz CT molecular complexity index is 338. The lowest BCUT2D eigenvalue weighted by atomic mass is 10.2. The van der Waals surface area contributed by atoms with Gasteiger partial charge in [-0.3, -0.25) is 0 Å². The first-order valence-electron chi connectivity index (χ1n) is 6.81. The van der Waals surface area contributed by atoms with Crippen LogP contribution in [0.3, 0.4) is 0 Å². The van der Waals surface area contributed by atoms with Gasteiger partial charge in [0.05, 0.1) is 0 Å². The van der Waals surface area contributed by atoms with Gasteiger partial charge in [-0.25, -0.2) is 0 Å². The molecule has 108 valence electrons. The van der Waals surface area contributed by atoms with Crippen molar-refractivity contribution in [3.63, 3.8) is 0 Å². The molecule has 1 N–H and O–H groups in total. The van der Waals surface area contributed by atoms with Gasteiger partial charge in [0.2, 0.25) is 0 Å². The van der Waals surface area contributed by atoms with Crippen molar-refractivity contribution in [2.45, 2.75) is 6.54 Å². The average Bonchev–Trinajstić information content (AvgIpc) is 2.39. The number of hydrogen-bond donors (Lipinski definition) is 1. The highest BCUT2D eigenvalue weighted by Crippen LogP contribution is 2.11. The van der Waals surface area contributed by atoms with E-state index in [1.165, 1.54) is 5.56 Å². The highest BCUT2D eigenvalue weighted by Gasteiger charge is 2.00. The quantitative estimate of drug-likeness (QED) is 0.728. The molecule has 0 aliphatic heterocycles. The molecule has 0 bridgehead atoms. The number of rotatable bonds is 9. The molecule has 0 heterocycles. The number of ether oxygens (including phenoxy) is 1. The minimum atomic E-state index is 0.731. The lowest BCUT2D eigenvalue weighted by Gasteiger charge is -2.19. The molecule has 1 aromatic rings. The predicted octanol–water partition coefficient (Wildman–Crippen LogP) is 1.28. The number of nitrogens with one attached hydrogen (secondary N) is 1. The van der Waals surface area contributed by atoms with Gasteiger partial charge in [-0.05, 0) is 45.9 Å². The van der Waals surface area contributed by atoms with E-state index in [2.05, 4.69) is 48.4 Å². The molecule has 19 heavy (non-hydrogen) atoms. The predicted molar refractivity (Wildman–Crippen MR) is 80.8 cm³/mol. The van der Waals surface area contributed by atoms with Crippen molar-refractivity contribution in [1.82, 2.24) is 15.1 Å². The molecule has 0 spiro atoms. The molecular formula is C15H27N3O. The summed E-state index contributed by atoms with van der Waals surface area (Å²) in [5.74, 6) is 0.945. The topological polar surface area (TPSA) is 27.7 Å². The van der Waals surface area contributed by atoms with Gasteiger partial charge in [0, 0.05) is 26.2 Å². The van der Waals surface area contributed by atoms with E-state index in [1.54, 1.807) is 0 Å². The van der Waals surface area contributed by atoms with Crippen LogP contribution in [0.2, 0.25) is 0 Å². The molecule has 0 unspecified atom stereocenters. The van der Waals surface area contributed by atoms with Gasteiger partial charge >= 0.3 is 0 Å². The summed E-state index contributed by atoms with van der Waals surface area (Å²) in [5, 5.41) is 3.13. The van der Waals surface area contributed by atoms with Crippen LogP contribution in [0.15, 0.2) is 24.3 Å². The van der Waals surface area contributed by atoms with Gasteiger partial charge in [0.1, 0.15) is 12.4 Å². The first-order chi connectivity index (χ1) is 9.11. The third kappa shape index (κ3) is 7.15. The van der Waals surface area contributed by atoms with Gasteiger partial charge in [-0.15, -0.1) is 0 Å². The van der Waals surface area contributed by atoms with Crippen LogP contribution in [0.4, 0.5) is 0 Å². The number of likely N-dealkylation sites (N-methyl/N-ethyl adjacent to an activating group) is 2. The molecule has 4 heteroatoms. The van der Waals surface area contributed by atoms with Crippen molar-refractivity contribution >= 4 is 0 Å². The average molecular weight is 265 g/mol. The van der Waals surface area contributed by atoms with E-state index in [9.17, 15) is 0 Å². The number of hydrogen-bond acceptors (Lipinski definition) is 4. The summed E-state index contributed by atoms with van der Waals surface area (Å²) in [7, 11) is 8.27. The van der Waals surface area contributed by atoms with Crippen LogP contribution < -0.4 is 10.1 Å². The van der Waals surface area contributed by atoms with E-state index in [-0.39, 0.29) is 0 Å². The Labute approximate surface area is 117 Å². The summed E-state index contributed by atoms with van der Waals surface area (Å²) in [4.78, 5) is 4.48. The van der Waals surface area contributed by atoms with E-state index in [0.29, 0.717) is 0 Å². The first-order valence-corrected chi connectivity index (χ1v) is 6.81. The molecule has 1 aromatic carbocycles. The van der Waals surface area contributed by atoms with Crippen LogP contribution in [0.5, 0.6) is 5.75 Å². The largest absolute Gasteiger partial charge is 0.492 e. The first kappa shape index (κ1) is 16.0. The Morgan fingerprint density at radius 1 is 1.00 bits per heavy atom. The van der Waals surface area contributed by atoms with Crippen molar-refractivity contribution in [2.75, 3.05) is 54.4 Å². The smallest absolute Gasteiger partial charge is 0.119 e. The molecule has 0 saturated carbocycles. The van der Waals surface area contributed by atoms with Crippen LogP contribution in [0.25, 0.3) is 0 Å². The normalized spacial score (nSPS) is 11.3. The van der Waals surface area contributed by atoms with Crippen molar-refractivity contribution in [3.8, 4) is 5.75 Å². The maximum atomic E-state index is 5.74. The van der Waals surface area contributed by atoms with Crippen LogP contribution in [-0.4, -0.2) is 64.2 Å². The summed E-state index contributed by atoms with van der Waals surface area (Å²) >= 11 is 0. The molecule has 0 aliphatic rings. The minimum Gasteiger partial charge on any atom is -0.492 e. The van der Waals surface area contributed by atoms with Gasteiger partial charge < -0.3 is 19.9 Å². The number of nitrogens with zero attached hydrogens (tertiary/aromatic N) is 2. The fraction of sp³-hybridized carbons (Fsp3) is 0.600. The van der Waals surface area contributed by atoms with E-state index in [1.807, 2.05) is 19.2 Å². The summed E-state index contributed by atoms with van der Waals surface area (Å²) in [5.41, 5.74) is 1.28. The van der Waals surface area contributed by atoms with Crippen LogP contribution in [0.1, 0.15) is 5.56 Å². The second-order valence-electron chi connectivity index (χ2n) is 5.13. The van der Waals surface area contributed by atoms with E-state index in [0.717, 1.165) is 38.5 Å². The second-order valence-corrected chi connectivity index (χ2v) is 5.13. The monoisotopic (exact) mass is 265 g/mol. The van der Waals surface area contributed by atoms with Gasteiger partial charge in [0.15, 0.2) is 0 Å². The Morgan fingerprint density at radius 3 is 2.26 bits per heavy atom. The Kier molecular flexibility index (Phi) is 7.48. The van der Waals surface area contributed by atoms with Gasteiger partial charge in [-0.1, -0.05) is 12.1 Å². The lowest BCUT2D eigenvalue weighted by molar-refractivity contribution is 0.222. The molecule has 0 amide bonds. The standard InChI is InChI=1S/C15H27N3O/c1-16-13-14-5-7-15(8-6-14)19-12-11-18(4)10-9-17(2)3/h5-8,16H,9-13H2,1-4H3. The maximum Gasteiger partial charge on any atom is 0.119 e. The Balaban J connectivity index is 2.21. The number of benzene rings is 1. The molecule has 0 atom stereocenters. The van der Waals surface area contributed by atoms with Gasteiger partial charge in [0.25, 0.3) is 0 Å². The lowest BCUT2D eigenvalue weighted by Crippen LogP contribution is -2.31. The fourth-order valence-electron chi connectivity index (χ4n) is 1.71. The highest BCUT2D eigenvalue weighted by molar-refractivity contribution is 5.27. The highest BCUT2D eigenvalue weighted by atomic mass is 16.5. The summed E-state index contributed by atoms with van der Waals surface area (Å²) < 4.78 is 5.74. The zero-order chi connectivity index (χ0) is 14.1. The van der Waals surface area contributed by atoms with E-state index in [4.69, 9.17) is 4.74 Å². The Morgan fingerprint density at radius 2 is 1.68 bits per heavy atom. The summed E-state index contributed by atoms with van der Waals surface area (Å²) in [6.07, 6.45) is 0. The minimum absolute atomic E-state index is 0.731. The fourth-order valence-corrected chi connectivity index (χ4v) is 1.71. The third-order valence-electron chi connectivity index (χ3n) is 2.97. The second kappa shape index (κ2) is 8.91. The van der Waals surface area contributed by atoms with E-state index >= 15 is 0 Å². The molecule has 0 saturated heterocycles. The summed E-state index contributed by atoms with van der Waals surface area (Å²) in [6, 6.07) is 8.27. The maximum absolute atomic E-state index is 5.74.